The molecule has 6 heteroatoms. The van der Waals surface area contributed by atoms with E-state index in [4.69, 9.17) is 0 Å². The van der Waals surface area contributed by atoms with Crippen molar-refractivity contribution >= 4 is 23.5 Å². The zero-order valence-corrected chi connectivity index (χ0v) is 12.2. The molecule has 1 aromatic carbocycles. The topological polar surface area (TPSA) is 75.2 Å². The average molecular weight is 296 g/mol. The van der Waals surface area contributed by atoms with E-state index in [0.29, 0.717) is 6.54 Å². The number of aromatic nitrogens is 2. The first-order chi connectivity index (χ1) is 10.6. The van der Waals surface area contributed by atoms with Crippen molar-refractivity contribution in [2.45, 2.75) is 13.3 Å². The van der Waals surface area contributed by atoms with Gasteiger partial charge >= 0.3 is 0 Å². The molecule has 1 N–H and O–H groups in total. The lowest BCUT2D eigenvalue weighted by atomic mass is 10.1. The molecule has 0 aliphatic carbocycles. The van der Waals surface area contributed by atoms with E-state index in [2.05, 4.69) is 15.3 Å². The molecule has 2 amide bonds. The normalized spacial score (nSPS) is 17.6. The van der Waals surface area contributed by atoms with Crippen LogP contribution in [-0.2, 0) is 9.59 Å². The van der Waals surface area contributed by atoms with Crippen LogP contribution in [0.5, 0.6) is 0 Å². The van der Waals surface area contributed by atoms with Crippen LogP contribution in [0.15, 0.2) is 42.7 Å². The summed E-state index contributed by atoms with van der Waals surface area (Å²) in [6, 6.07) is 9.38. The number of benzene rings is 1. The van der Waals surface area contributed by atoms with Crippen molar-refractivity contribution < 1.29 is 9.59 Å². The number of hydrogen-bond donors (Lipinski definition) is 1. The van der Waals surface area contributed by atoms with E-state index in [9.17, 15) is 9.59 Å². The van der Waals surface area contributed by atoms with Crippen LogP contribution in [0.25, 0.3) is 0 Å². The number of hydrogen-bond acceptors (Lipinski definition) is 4. The molecular weight excluding hydrogens is 280 g/mol. The Labute approximate surface area is 128 Å². The molecule has 0 spiro atoms. The molecule has 1 saturated heterocycles. The summed E-state index contributed by atoms with van der Waals surface area (Å²) >= 11 is 0. The zero-order chi connectivity index (χ0) is 15.5. The van der Waals surface area contributed by atoms with Crippen molar-refractivity contribution in [2.24, 2.45) is 5.92 Å². The van der Waals surface area contributed by atoms with E-state index in [-0.39, 0.29) is 24.2 Å². The number of aryl methyl sites for hydroxylation is 1. The summed E-state index contributed by atoms with van der Waals surface area (Å²) in [7, 11) is 0. The minimum absolute atomic E-state index is 0.0419. The Morgan fingerprint density at radius 3 is 2.77 bits per heavy atom. The standard InChI is InChI=1S/C16H16N4O2/c1-11-4-2-5-13(8-11)20-10-12(9-14(20)21)15(22)19-16-17-6-3-7-18-16/h2-8,12H,9-10H2,1H3,(H,17,18,19,22)/t12-/m1/s1. The van der Waals surface area contributed by atoms with Gasteiger partial charge in [-0.05, 0) is 30.7 Å². The monoisotopic (exact) mass is 296 g/mol. The van der Waals surface area contributed by atoms with E-state index in [1.807, 2.05) is 31.2 Å². The van der Waals surface area contributed by atoms with E-state index in [0.717, 1.165) is 11.3 Å². The molecule has 22 heavy (non-hydrogen) atoms. The number of anilines is 2. The summed E-state index contributed by atoms with van der Waals surface area (Å²) in [4.78, 5) is 34.0. The second-order valence-electron chi connectivity index (χ2n) is 5.31. The lowest BCUT2D eigenvalue weighted by Gasteiger charge is -2.17. The van der Waals surface area contributed by atoms with E-state index >= 15 is 0 Å². The zero-order valence-electron chi connectivity index (χ0n) is 12.2. The second-order valence-corrected chi connectivity index (χ2v) is 5.31. The molecule has 0 unspecified atom stereocenters. The number of nitrogens with zero attached hydrogens (tertiary/aromatic N) is 3. The van der Waals surface area contributed by atoms with Crippen LogP contribution in [-0.4, -0.2) is 28.3 Å². The van der Waals surface area contributed by atoms with Crippen LogP contribution >= 0.6 is 0 Å². The van der Waals surface area contributed by atoms with E-state index in [1.54, 1.807) is 23.4 Å². The first kappa shape index (κ1) is 14.2. The van der Waals surface area contributed by atoms with Crippen molar-refractivity contribution in [3.63, 3.8) is 0 Å². The van der Waals surface area contributed by atoms with E-state index in [1.165, 1.54) is 0 Å². The highest BCUT2D eigenvalue weighted by molar-refractivity contribution is 6.03. The molecule has 0 bridgehead atoms. The van der Waals surface area contributed by atoms with Gasteiger partial charge in [0.05, 0.1) is 5.92 Å². The summed E-state index contributed by atoms with van der Waals surface area (Å²) in [6.07, 6.45) is 3.32. The Morgan fingerprint density at radius 2 is 2.05 bits per heavy atom. The minimum atomic E-state index is -0.392. The summed E-state index contributed by atoms with van der Waals surface area (Å²) < 4.78 is 0. The van der Waals surface area contributed by atoms with Crippen molar-refractivity contribution in [1.29, 1.82) is 0 Å². The lowest BCUT2D eigenvalue weighted by molar-refractivity contribution is -0.122. The number of amides is 2. The first-order valence-electron chi connectivity index (χ1n) is 7.08. The third kappa shape index (κ3) is 2.95. The highest BCUT2D eigenvalue weighted by Gasteiger charge is 2.35. The molecule has 6 nitrogen and oxygen atoms in total. The Morgan fingerprint density at radius 1 is 1.27 bits per heavy atom. The molecule has 112 valence electrons. The fourth-order valence-electron chi connectivity index (χ4n) is 2.50. The Balaban J connectivity index is 1.70. The summed E-state index contributed by atoms with van der Waals surface area (Å²) in [5.74, 6) is -0.403. The molecule has 1 atom stereocenters. The first-order valence-corrected chi connectivity index (χ1v) is 7.08. The Hall–Kier alpha value is -2.76. The van der Waals surface area contributed by atoms with Crippen molar-refractivity contribution in [1.82, 2.24) is 9.97 Å². The van der Waals surface area contributed by atoms with Crippen LogP contribution in [0, 0.1) is 12.8 Å². The number of carbonyl (C=O) groups excluding carboxylic acids is 2. The molecule has 2 aromatic rings. The number of carbonyl (C=O) groups is 2. The van der Waals surface area contributed by atoms with Gasteiger partial charge in [0.15, 0.2) is 0 Å². The van der Waals surface area contributed by atoms with Gasteiger partial charge in [-0.25, -0.2) is 9.97 Å². The SMILES string of the molecule is Cc1cccc(N2C[C@H](C(=O)Nc3ncccn3)CC2=O)c1. The van der Waals surface area contributed by atoms with E-state index < -0.39 is 5.92 Å². The third-order valence-electron chi connectivity index (χ3n) is 3.61. The molecule has 3 rings (SSSR count). The van der Waals surface area contributed by atoms with Crippen molar-refractivity contribution in [3.8, 4) is 0 Å². The molecule has 0 saturated carbocycles. The lowest BCUT2D eigenvalue weighted by Crippen LogP contribution is -2.28. The average Bonchev–Trinajstić information content (AvgIpc) is 2.90. The summed E-state index contributed by atoms with van der Waals surface area (Å²) in [6.45, 7) is 2.35. The summed E-state index contributed by atoms with van der Waals surface area (Å²) in [5.41, 5.74) is 1.91. The quantitative estimate of drug-likeness (QED) is 0.936. The molecule has 0 radical (unpaired) electrons. The molecule has 1 fully saturated rings. The molecule has 1 aliphatic rings. The van der Waals surface area contributed by atoms with Gasteiger partial charge in [-0.2, -0.15) is 0 Å². The summed E-state index contributed by atoms with van der Waals surface area (Å²) in [5, 5.41) is 2.65. The Bertz CT molecular complexity index is 702. The third-order valence-corrected chi connectivity index (χ3v) is 3.61. The van der Waals surface area contributed by atoms with Crippen molar-refractivity contribution in [3.05, 3.63) is 48.3 Å². The van der Waals surface area contributed by atoms with Gasteiger partial charge in [0.1, 0.15) is 0 Å². The molecule has 1 aromatic heterocycles. The number of rotatable bonds is 3. The van der Waals surface area contributed by atoms with Gasteiger partial charge in [0.2, 0.25) is 17.8 Å². The predicted octanol–water partition coefficient (Wildman–Crippen LogP) is 1.78. The molecule has 2 heterocycles. The fourth-order valence-corrected chi connectivity index (χ4v) is 2.50. The largest absolute Gasteiger partial charge is 0.312 e. The van der Waals surface area contributed by atoms with Gasteiger partial charge < -0.3 is 4.90 Å². The molecular formula is C16H16N4O2. The van der Waals surface area contributed by atoms with Crippen LogP contribution in [0.3, 0.4) is 0 Å². The fraction of sp³-hybridized carbons (Fsp3) is 0.250. The minimum Gasteiger partial charge on any atom is -0.312 e. The Kier molecular flexibility index (Phi) is 3.82. The maximum atomic E-state index is 12.2. The van der Waals surface area contributed by atoms with Gasteiger partial charge in [-0.3, -0.25) is 14.9 Å². The smallest absolute Gasteiger partial charge is 0.232 e. The van der Waals surface area contributed by atoms with Crippen LogP contribution in [0.2, 0.25) is 0 Å². The molecule has 1 aliphatic heterocycles. The van der Waals surface area contributed by atoms with Gasteiger partial charge in [-0.15, -0.1) is 0 Å². The highest BCUT2D eigenvalue weighted by Crippen LogP contribution is 2.26. The van der Waals surface area contributed by atoms with Crippen LogP contribution in [0.1, 0.15) is 12.0 Å². The van der Waals surface area contributed by atoms with Gasteiger partial charge in [-0.1, -0.05) is 12.1 Å². The maximum Gasteiger partial charge on any atom is 0.232 e. The van der Waals surface area contributed by atoms with Gasteiger partial charge in [0.25, 0.3) is 0 Å². The number of nitrogens with one attached hydrogen (secondary N) is 1. The highest BCUT2D eigenvalue weighted by atomic mass is 16.2. The van der Waals surface area contributed by atoms with Crippen LogP contribution in [0.4, 0.5) is 11.6 Å². The van der Waals surface area contributed by atoms with Gasteiger partial charge in [0, 0.05) is 31.0 Å². The van der Waals surface area contributed by atoms with Crippen molar-refractivity contribution in [2.75, 3.05) is 16.8 Å². The van der Waals surface area contributed by atoms with Crippen LogP contribution < -0.4 is 10.2 Å². The maximum absolute atomic E-state index is 12.2. The second kappa shape index (κ2) is 5.93. The predicted molar refractivity (Wildman–Crippen MR) is 82.3 cm³/mol.